The maximum Gasteiger partial charge on any atom is 0.402 e. The Morgan fingerprint density at radius 2 is 1.71 bits per heavy atom. The van der Waals surface area contributed by atoms with Crippen molar-refractivity contribution in [3.05, 3.63) is 0 Å². The Kier molecular flexibility index (Phi) is 4.21. The van der Waals surface area contributed by atoms with E-state index in [1.54, 1.807) is 0 Å². The molecule has 0 radical (unpaired) electrons. The van der Waals surface area contributed by atoms with Crippen LogP contribution in [0.4, 0.5) is 13.2 Å². The second kappa shape index (κ2) is 4.81. The Hall–Kier alpha value is 0.190. The van der Waals surface area contributed by atoms with Gasteiger partial charge in [0.05, 0.1) is 0 Å². The van der Waals surface area contributed by atoms with Gasteiger partial charge in [0, 0.05) is 32.7 Å². The van der Waals surface area contributed by atoms with Gasteiger partial charge in [-0.05, 0) is 7.05 Å². The summed E-state index contributed by atoms with van der Waals surface area (Å²) in [6, 6.07) is 0. The fraction of sp³-hybridized carbons (Fsp3) is 1.00. The highest BCUT2D eigenvalue weighted by Crippen LogP contribution is 2.27. The van der Waals surface area contributed by atoms with Crippen LogP contribution in [0.2, 0.25) is 0 Å². The largest absolute Gasteiger partial charge is 0.402 e. The Bertz CT molecular complexity index is 178. The van der Waals surface area contributed by atoms with Crippen LogP contribution in [0.3, 0.4) is 0 Å². The molecule has 1 aliphatic heterocycles. The van der Waals surface area contributed by atoms with Crippen LogP contribution in [0, 0.1) is 0 Å². The van der Waals surface area contributed by atoms with Crippen molar-refractivity contribution in [2.75, 3.05) is 39.8 Å². The van der Waals surface area contributed by atoms with E-state index in [1.165, 1.54) is 0 Å². The summed E-state index contributed by atoms with van der Waals surface area (Å²) in [4.78, 5) is 2.55. The van der Waals surface area contributed by atoms with Crippen LogP contribution in [0.15, 0.2) is 0 Å². The number of nitrogens with zero attached hydrogens (tertiary/aromatic N) is 2. The fourth-order valence-electron chi connectivity index (χ4n) is 1.36. The first-order valence-electron chi connectivity index (χ1n) is 4.51. The minimum absolute atomic E-state index is 0.0529. The molecule has 0 amide bonds. The molecule has 0 aromatic heterocycles. The molecular formula is C8H14BrF3N2. The van der Waals surface area contributed by atoms with Gasteiger partial charge in [0.25, 0.3) is 0 Å². The SMILES string of the molecule is CN1CCN(CC(Br)C(F)(F)F)CC1. The molecule has 1 fully saturated rings. The first-order valence-corrected chi connectivity index (χ1v) is 5.43. The average Bonchev–Trinajstić information content (AvgIpc) is 2.07. The van der Waals surface area contributed by atoms with Crippen molar-refractivity contribution in [3.63, 3.8) is 0 Å². The molecule has 1 aliphatic rings. The van der Waals surface area contributed by atoms with E-state index in [0.29, 0.717) is 13.1 Å². The van der Waals surface area contributed by atoms with E-state index in [0.717, 1.165) is 13.1 Å². The van der Waals surface area contributed by atoms with Crippen molar-refractivity contribution in [2.45, 2.75) is 11.0 Å². The van der Waals surface area contributed by atoms with E-state index in [2.05, 4.69) is 20.8 Å². The predicted octanol–water partition coefficient (Wildman–Crippen LogP) is 1.56. The molecule has 0 spiro atoms. The van der Waals surface area contributed by atoms with Gasteiger partial charge in [0.15, 0.2) is 0 Å². The molecule has 1 atom stereocenters. The van der Waals surface area contributed by atoms with Gasteiger partial charge < -0.3 is 4.90 Å². The summed E-state index contributed by atoms with van der Waals surface area (Å²) in [5.74, 6) is 0. The summed E-state index contributed by atoms with van der Waals surface area (Å²) in [7, 11) is 1.98. The molecule has 1 saturated heterocycles. The molecule has 2 nitrogen and oxygen atoms in total. The van der Waals surface area contributed by atoms with Crippen LogP contribution in [0.25, 0.3) is 0 Å². The van der Waals surface area contributed by atoms with Crippen LogP contribution < -0.4 is 0 Å². The van der Waals surface area contributed by atoms with Gasteiger partial charge in [-0.2, -0.15) is 13.2 Å². The average molecular weight is 275 g/mol. The molecule has 6 heteroatoms. The quantitative estimate of drug-likeness (QED) is 0.706. The smallest absolute Gasteiger partial charge is 0.304 e. The van der Waals surface area contributed by atoms with Crippen molar-refractivity contribution in [3.8, 4) is 0 Å². The summed E-state index contributed by atoms with van der Waals surface area (Å²) < 4.78 is 36.6. The number of hydrogen-bond acceptors (Lipinski definition) is 2. The van der Waals surface area contributed by atoms with E-state index in [-0.39, 0.29) is 6.54 Å². The molecule has 1 heterocycles. The number of piperazine rings is 1. The topological polar surface area (TPSA) is 6.48 Å². The van der Waals surface area contributed by atoms with Crippen LogP contribution in [-0.4, -0.2) is 60.6 Å². The third-order valence-corrected chi connectivity index (χ3v) is 3.18. The zero-order valence-electron chi connectivity index (χ0n) is 8.02. The molecule has 1 unspecified atom stereocenters. The van der Waals surface area contributed by atoms with Gasteiger partial charge in [0.2, 0.25) is 0 Å². The first kappa shape index (κ1) is 12.3. The van der Waals surface area contributed by atoms with Crippen molar-refractivity contribution in [1.82, 2.24) is 9.80 Å². The first-order chi connectivity index (χ1) is 6.39. The summed E-state index contributed by atoms with van der Waals surface area (Å²) in [6.45, 7) is 3.18. The van der Waals surface area contributed by atoms with Gasteiger partial charge >= 0.3 is 6.18 Å². The van der Waals surface area contributed by atoms with E-state index in [9.17, 15) is 13.2 Å². The number of hydrogen-bond donors (Lipinski definition) is 0. The van der Waals surface area contributed by atoms with Crippen LogP contribution >= 0.6 is 15.9 Å². The highest BCUT2D eigenvalue weighted by Gasteiger charge is 2.38. The highest BCUT2D eigenvalue weighted by molar-refractivity contribution is 9.09. The summed E-state index contributed by atoms with van der Waals surface area (Å²) in [5.41, 5.74) is 0. The van der Waals surface area contributed by atoms with E-state index in [4.69, 9.17) is 0 Å². The molecule has 0 saturated carbocycles. The van der Waals surface area contributed by atoms with Crippen molar-refractivity contribution in [2.24, 2.45) is 0 Å². The van der Waals surface area contributed by atoms with Crippen LogP contribution in [-0.2, 0) is 0 Å². The van der Waals surface area contributed by atoms with E-state index in [1.807, 2.05) is 11.9 Å². The monoisotopic (exact) mass is 274 g/mol. The number of rotatable bonds is 2. The van der Waals surface area contributed by atoms with Crippen molar-refractivity contribution >= 4 is 15.9 Å². The van der Waals surface area contributed by atoms with Gasteiger partial charge in [-0.15, -0.1) is 0 Å². The zero-order chi connectivity index (χ0) is 10.8. The molecule has 0 bridgehead atoms. The second-order valence-electron chi connectivity index (χ2n) is 3.61. The van der Waals surface area contributed by atoms with Crippen LogP contribution in [0.1, 0.15) is 0 Å². The third kappa shape index (κ3) is 3.74. The standard InChI is InChI=1S/C8H14BrF3N2/c1-13-2-4-14(5-3-13)6-7(9)8(10,11)12/h7H,2-6H2,1H3. The molecule has 0 aromatic carbocycles. The maximum atomic E-state index is 12.2. The lowest BCUT2D eigenvalue weighted by Gasteiger charge is -2.33. The minimum atomic E-state index is -4.14. The van der Waals surface area contributed by atoms with E-state index >= 15 is 0 Å². The second-order valence-corrected chi connectivity index (χ2v) is 4.72. The Balaban J connectivity index is 2.31. The molecule has 0 aromatic rings. The number of halogens is 4. The molecular weight excluding hydrogens is 261 g/mol. The summed E-state index contributed by atoms with van der Waals surface area (Å²) in [5, 5.41) is 0. The minimum Gasteiger partial charge on any atom is -0.304 e. The van der Waals surface area contributed by atoms with Gasteiger partial charge in [-0.1, -0.05) is 15.9 Å². The van der Waals surface area contributed by atoms with E-state index < -0.39 is 11.0 Å². The van der Waals surface area contributed by atoms with Gasteiger partial charge in [-0.25, -0.2) is 0 Å². The predicted molar refractivity (Wildman–Crippen MR) is 52.7 cm³/mol. The molecule has 1 rings (SSSR count). The highest BCUT2D eigenvalue weighted by atomic mass is 79.9. The lowest BCUT2D eigenvalue weighted by molar-refractivity contribution is -0.131. The maximum absolute atomic E-state index is 12.2. The van der Waals surface area contributed by atoms with Crippen molar-refractivity contribution in [1.29, 1.82) is 0 Å². The van der Waals surface area contributed by atoms with Crippen LogP contribution in [0.5, 0.6) is 0 Å². The summed E-state index contributed by atoms with van der Waals surface area (Å²) >= 11 is 2.67. The Morgan fingerprint density at radius 3 is 2.14 bits per heavy atom. The number of likely N-dealkylation sites (N-methyl/N-ethyl adjacent to an activating group) is 1. The molecule has 0 N–H and O–H groups in total. The molecule has 0 aliphatic carbocycles. The molecule has 84 valence electrons. The van der Waals surface area contributed by atoms with Crippen molar-refractivity contribution < 1.29 is 13.2 Å². The Morgan fingerprint density at radius 1 is 1.21 bits per heavy atom. The Labute approximate surface area is 90.2 Å². The number of alkyl halides is 4. The zero-order valence-corrected chi connectivity index (χ0v) is 9.61. The van der Waals surface area contributed by atoms with Gasteiger partial charge in [0.1, 0.15) is 4.83 Å². The lowest BCUT2D eigenvalue weighted by Crippen LogP contribution is -2.48. The third-order valence-electron chi connectivity index (χ3n) is 2.37. The van der Waals surface area contributed by atoms with Gasteiger partial charge in [-0.3, -0.25) is 4.90 Å². The summed E-state index contributed by atoms with van der Waals surface area (Å²) in [6.07, 6.45) is -4.14. The lowest BCUT2D eigenvalue weighted by atomic mass is 10.3. The normalized spacial score (nSPS) is 23.8. The fourth-order valence-corrected chi connectivity index (χ4v) is 1.77. The molecule has 14 heavy (non-hydrogen) atoms.